The van der Waals surface area contributed by atoms with Crippen LogP contribution in [0.4, 0.5) is 0 Å². The Labute approximate surface area is 113 Å². The number of nitrogens with zero attached hydrogens (tertiary/aromatic N) is 2. The summed E-state index contributed by atoms with van der Waals surface area (Å²) in [7, 11) is 0. The molecule has 2 aliphatic heterocycles. The molecule has 0 aromatic heterocycles. The van der Waals surface area contributed by atoms with E-state index in [0.29, 0.717) is 4.61 Å². The molecule has 2 fully saturated rings. The quantitative estimate of drug-likeness (QED) is 0.659. The molecule has 3 unspecified atom stereocenters. The van der Waals surface area contributed by atoms with Crippen LogP contribution in [-0.4, -0.2) is 11.6 Å². The first-order valence-electron chi connectivity index (χ1n) is 5.93. The summed E-state index contributed by atoms with van der Waals surface area (Å²) in [5, 5.41) is 25.0. The van der Waals surface area contributed by atoms with Gasteiger partial charge in [0, 0.05) is 5.92 Å². The van der Waals surface area contributed by atoms with Gasteiger partial charge in [-0.25, -0.2) is 0 Å². The highest BCUT2D eigenvalue weighted by Gasteiger charge is 2.68. The molecule has 1 amide bonds. The van der Waals surface area contributed by atoms with E-state index in [4.69, 9.17) is 0 Å². The Kier molecular flexibility index (Phi) is 2.24. The molecule has 2 heterocycles. The van der Waals surface area contributed by atoms with Gasteiger partial charge in [-0.3, -0.25) is 4.79 Å². The first-order chi connectivity index (χ1) is 8.60. The lowest BCUT2D eigenvalue weighted by atomic mass is 9.62. The summed E-state index contributed by atoms with van der Waals surface area (Å²) < 4.78 is 0.475. The molecule has 2 N–H and O–H groups in total. The van der Waals surface area contributed by atoms with Gasteiger partial charge in [0.2, 0.25) is 5.91 Å². The number of hydrogen-bond donors (Lipinski definition) is 2. The van der Waals surface area contributed by atoms with E-state index in [-0.39, 0.29) is 17.4 Å². The molecule has 0 aromatic rings. The van der Waals surface area contributed by atoms with Gasteiger partial charge in [0.15, 0.2) is 5.41 Å². The highest BCUT2D eigenvalue weighted by atomic mass is 79.9. The van der Waals surface area contributed by atoms with Gasteiger partial charge in [0.05, 0.1) is 22.3 Å². The zero-order chi connectivity index (χ0) is 13.0. The Morgan fingerprint density at radius 1 is 1.33 bits per heavy atom. The molecular weight excluding hydrogens is 296 g/mol. The van der Waals surface area contributed by atoms with Crippen molar-refractivity contribution in [2.45, 2.75) is 31.3 Å². The van der Waals surface area contributed by atoms with Crippen molar-refractivity contribution in [3.63, 3.8) is 0 Å². The van der Waals surface area contributed by atoms with Crippen LogP contribution in [0.1, 0.15) is 25.7 Å². The van der Waals surface area contributed by atoms with Gasteiger partial charge in [-0.05, 0) is 35.2 Å². The molecule has 1 saturated heterocycles. The molecular formula is C12H11BrN4O. The molecule has 1 aliphatic carbocycles. The summed E-state index contributed by atoms with van der Waals surface area (Å²) in [5.41, 5.74) is -1.66. The number of carbonyl (C=O) groups is 1. The van der Waals surface area contributed by atoms with Crippen molar-refractivity contribution in [2.24, 2.45) is 11.3 Å². The van der Waals surface area contributed by atoms with Crippen LogP contribution in [0.5, 0.6) is 0 Å². The third-order valence-corrected chi connectivity index (χ3v) is 4.96. The van der Waals surface area contributed by atoms with Gasteiger partial charge in [0.1, 0.15) is 5.66 Å². The van der Waals surface area contributed by atoms with Crippen molar-refractivity contribution >= 4 is 21.8 Å². The summed E-state index contributed by atoms with van der Waals surface area (Å²) in [4.78, 5) is 12.3. The van der Waals surface area contributed by atoms with Crippen LogP contribution in [0, 0.1) is 34.0 Å². The molecule has 1 saturated carbocycles. The maximum atomic E-state index is 12.3. The maximum Gasteiger partial charge on any atom is 0.248 e. The summed E-state index contributed by atoms with van der Waals surface area (Å²) >= 11 is 3.30. The number of nitrogens with one attached hydrogen (secondary N) is 2. The zero-order valence-electron chi connectivity index (χ0n) is 9.59. The number of rotatable bonds is 0. The maximum absolute atomic E-state index is 12.3. The highest BCUT2D eigenvalue weighted by molar-refractivity contribution is 9.11. The Morgan fingerprint density at radius 2 is 2.11 bits per heavy atom. The fraction of sp³-hybridized carbons (Fsp3) is 0.583. The fourth-order valence-electron chi connectivity index (χ4n) is 3.59. The molecule has 18 heavy (non-hydrogen) atoms. The minimum Gasteiger partial charge on any atom is -0.356 e. The van der Waals surface area contributed by atoms with Crippen LogP contribution in [-0.2, 0) is 4.79 Å². The Balaban J connectivity index is 2.28. The first kappa shape index (κ1) is 11.6. The van der Waals surface area contributed by atoms with Crippen molar-refractivity contribution < 1.29 is 4.79 Å². The molecule has 92 valence electrons. The lowest BCUT2D eigenvalue weighted by molar-refractivity contribution is -0.124. The second kappa shape index (κ2) is 3.49. The summed E-state index contributed by atoms with van der Waals surface area (Å²) in [6.07, 6.45) is 3.57. The average molecular weight is 307 g/mol. The predicted molar refractivity (Wildman–Crippen MR) is 65.6 cm³/mol. The van der Waals surface area contributed by atoms with Crippen molar-refractivity contribution in [3.8, 4) is 12.1 Å². The van der Waals surface area contributed by atoms with E-state index in [1.54, 1.807) is 0 Å². The largest absolute Gasteiger partial charge is 0.356 e. The molecule has 3 atom stereocenters. The third-order valence-electron chi connectivity index (χ3n) is 4.36. The average Bonchev–Trinajstić information content (AvgIpc) is 2.55. The first-order valence-corrected chi connectivity index (χ1v) is 6.72. The Morgan fingerprint density at radius 3 is 2.78 bits per heavy atom. The van der Waals surface area contributed by atoms with Gasteiger partial charge >= 0.3 is 0 Å². The standard InChI is InChI=1S/C12H11BrN4O/c13-9-7(5-14)11(6-15)8-3-1-2-4-12(8,16-9)17-10(11)18/h8,16H,1-4H2,(H,17,18). The highest BCUT2D eigenvalue weighted by Crippen LogP contribution is 2.56. The van der Waals surface area contributed by atoms with Crippen LogP contribution in [0.25, 0.3) is 0 Å². The van der Waals surface area contributed by atoms with E-state index < -0.39 is 11.1 Å². The molecule has 0 aromatic carbocycles. The van der Waals surface area contributed by atoms with E-state index in [1.165, 1.54) is 0 Å². The summed E-state index contributed by atoms with van der Waals surface area (Å²) in [6, 6.07) is 4.14. The van der Waals surface area contributed by atoms with E-state index in [2.05, 4.69) is 32.6 Å². The van der Waals surface area contributed by atoms with Gasteiger partial charge in [-0.2, -0.15) is 10.5 Å². The molecule has 5 nitrogen and oxygen atoms in total. The number of halogens is 1. The zero-order valence-corrected chi connectivity index (χ0v) is 11.2. The van der Waals surface area contributed by atoms with Crippen LogP contribution in [0.15, 0.2) is 10.2 Å². The summed E-state index contributed by atoms with van der Waals surface area (Å²) in [5.74, 6) is -0.498. The topological polar surface area (TPSA) is 88.7 Å². The van der Waals surface area contributed by atoms with Crippen molar-refractivity contribution in [2.75, 3.05) is 0 Å². The Hall–Kier alpha value is -1.53. The minimum absolute atomic E-state index is 0.160. The van der Waals surface area contributed by atoms with Gasteiger partial charge in [-0.15, -0.1) is 0 Å². The molecule has 6 heteroatoms. The lowest BCUT2D eigenvalue weighted by Gasteiger charge is -2.45. The van der Waals surface area contributed by atoms with Crippen LogP contribution >= 0.6 is 15.9 Å². The number of nitriles is 2. The van der Waals surface area contributed by atoms with Crippen LogP contribution in [0.2, 0.25) is 0 Å². The molecule has 0 spiro atoms. The van der Waals surface area contributed by atoms with Gasteiger partial charge in [0.25, 0.3) is 0 Å². The second-order valence-corrected chi connectivity index (χ2v) is 5.86. The van der Waals surface area contributed by atoms with Crippen molar-refractivity contribution in [1.29, 1.82) is 10.5 Å². The number of amides is 1. The molecule has 2 bridgehead atoms. The smallest absolute Gasteiger partial charge is 0.248 e. The van der Waals surface area contributed by atoms with Crippen LogP contribution in [0.3, 0.4) is 0 Å². The normalized spacial score (nSPS) is 41.3. The SMILES string of the molecule is N#CC1=C(Br)NC23CCCCC2C1(C#N)C(=O)N3. The minimum atomic E-state index is -1.32. The van der Waals surface area contributed by atoms with Crippen molar-refractivity contribution in [1.82, 2.24) is 10.6 Å². The number of hydrogen-bond acceptors (Lipinski definition) is 4. The van der Waals surface area contributed by atoms with Gasteiger partial charge in [-0.1, -0.05) is 6.42 Å². The monoisotopic (exact) mass is 306 g/mol. The fourth-order valence-corrected chi connectivity index (χ4v) is 4.35. The lowest BCUT2D eigenvalue weighted by Crippen LogP contribution is -2.60. The second-order valence-electron chi connectivity index (χ2n) is 5.07. The molecule has 3 aliphatic rings. The van der Waals surface area contributed by atoms with E-state index in [0.717, 1.165) is 25.7 Å². The van der Waals surface area contributed by atoms with Gasteiger partial charge < -0.3 is 10.6 Å². The van der Waals surface area contributed by atoms with E-state index >= 15 is 0 Å². The van der Waals surface area contributed by atoms with E-state index in [9.17, 15) is 15.3 Å². The third kappa shape index (κ3) is 1.07. The van der Waals surface area contributed by atoms with E-state index in [1.807, 2.05) is 6.07 Å². The number of carbonyl (C=O) groups excluding carboxylic acids is 1. The Bertz CT molecular complexity index is 557. The molecule has 3 rings (SSSR count). The molecule has 0 radical (unpaired) electrons. The van der Waals surface area contributed by atoms with Crippen LogP contribution < -0.4 is 10.6 Å². The van der Waals surface area contributed by atoms with Crippen molar-refractivity contribution in [3.05, 3.63) is 10.2 Å². The summed E-state index contributed by atoms with van der Waals surface area (Å²) in [6.45, 7) is 0. The predicted octanol–water partition coefficient (Wildman–Crippen LogP) is 1.25.